The third-order valence-corrected chi connectivity index (χ3v) is 2.59. The standard InChI is InChI=1S/C13H19NO3/c1-10-5-7-11(8-6-10)13(15)14(2)9-12(16-3)17-4/h5-8,12H,9H2,1-4H3. The van der Waals surface area contributed by atoms with E-state index in [4.69, 9.17) is 9.47 Å². The van der Waals surface area contributed by atoms with E-state index in [1.165, 1.54) is 0 Å². The van der Waals surface area contributed by atoms with Gasteiger partial charge in [-0.05, 0) is 19.1 Å². The second kappa shape index (κ2) is 6.37. The molecule has 1 aromatic rings. The lowest BCUT2D eigenvalue weighted by Crippen LogP contribution is -2.36. The Kier molecular flexibility index (Phi) is 5.12. The number of aryl methyl sites for hydroxylation is 1. The summed E-state index contributed by atoms with van der Waals surface area (Å²) in [6.45, 7) is 2.39. The van der Waals surface area contributed by atoms with Crippen molar-refractivity contribution in [2.24, 2.45) is 0 Å². The maximum Gasteiger partial charge on any atom is 0.253 e. The van der Waals surface area contributed by atoms with Gasteiger partial charge in [0.1, 0.15) is 0 Å². The molecule has 0 N–H and O–H groups in total. The monoisotopic (exact) mass is 237 g/mol. The summed E-state index contributed by atoms with van der Waals surface area (Å²) >= 11 is 0. The summed E-state index contributed by atoms with van der Waals surface area (Å²) in [6.07, 6.45) is -0.394. The molecule has 1 amide bonds. The average Bonchev–Trinajstić information content (AvgIpc) is 2.35. The van der Waals surface area contributed by atoms with Crippen molar-refractivity contribution >= 4 is 5.91 Å². The summed E-state index contributed by atoms with van der Waals surface area (Å²) in [6, 6.07) is 7.49. The molecule has 4 nitrogen and oxygen atoms in total. The molecular formula is C13H19NO3. The van der Waals surface area contributed by atoms with Crippen LogP contribution >= 0.6 is 0 Å². The number of amides is 1. The lowest BCUT2D eigenvalue weighted by molar-refractivity contribution is -0.110. The van der Waals surface area contributed by atoms with E-state index in [1.54, 1.807) is 26.2 Å². The van der Waals surface area contributed by atoms with E-state index in [9.17, 15) is 4.79 Å². The largest absolute Gasteiger partial charge is 0.354 e. The Hall–Kier alpha value is -1.39. The molecule has 1 aromatic carbocycles. The summed E-state index contributed by atoms with van der Waals surface area (Å²) in [5.74, 6) is -0.0379. The van der Waals surface area contributed by atoms with Gasteiger partial charge in [-0.15, -0.1) is 0 Å². The number of nitrogens with zero attached hydrogens (tertiary/aromatic N) is 1. The zero-order valence-electron chi connectivity index (χ0n) is 10.8. The SMILES string of the molecule is COC(CN(C)C(=O)c1ccc(C)cc1)OC. The first-order valence-corrected chi connectivity index (χ1v) is 5.46. The first-order valence-electron chi connectivity index (χ1n) is 5.46. The quantitative estimate of drug-likeness (QED) is 0.731. The number of likely N-dealkylation sites (N-methyl/N-ethyl adjacent to an activating group) is 1. The van der Waals surface area contributed by atoms with E-state index in [1.807, 2.05) is 31.2 Å². The molecule has 0 bridgehead atoms. The Morgan fingerprint density at radius 1 is 1.24 bits per heavy atom. The Labute approximate surface area is 102 Å². The molecule has 0 aromatic heterocycles. The van der Waals surface area contributed by atoms with Gasteiger partial charge in [0.15, 0.2) is 6.29 Å². The highest BCUT2D eigenvalue weighted by molar-refractivity contribution is 5.94. The van der Waals surface area contributed by atoms with E-state index in [0.717, 1.165) is 5.56 Å². The molecule has 0 saturated heterocycles. The van der Waals surface area contributed by atoms with Crippen LogP contribution in [0.5, 0.6) is 0 Å². The fourth-order valence-electron chi connectivity index (χ4n) is 1.47. The Morgan fingerprint density at radius 2 is 1.76 bits per heavy atom. The number of carbonyl (C=O) groups excluding carboxylic acids is 1. The van der Waals surface area contributed by atoms with Crippen molar-refractivity contribution in [3.63, 3.8) is 0 Å². The number of methoxy groups -OCH3 is 2. The smallest absolute Gasteiger partial charge is 0.253 e. The van der Waals surface area contributed by atoms with Gasteiger partial charge in [0.25, 0.3) is 5.91 Å². The Morgan fingerprint density at radius 3 is 2.24 bits per heavy atom. The molecule has 1 rings (SSSR count). The minimum Gasteiger partial charge on any atom is -0.354 e. The second-order valence-electron chi connectivity index (χ2n) is 3.95. The van der Waals surface area contributed by atoms with Crippen LogP contribution in [0.1, 0.15) is 15.9 Å². The highest BCUT2D eigenvalue weighted by Gasteiger charge is 2.15. The first-order chi connectivity index (χ1) is 8.08. The molecule has 0 saturated carbocycles. The topological polar surface area (TPSA) is 38.8 Å². The molecule has 0 radical (unpaired) electrons. The third kappa shape index (κ3) is 3.84. The molecule has 0 aliphatic heterocycles. The van der Waals surface area contributed by atoms with Crippen LogP contribution in [-0.2, 0) is 9.47 Å². The van der Waals surface area contributed by atoms with E-state index >= 15 is 0 Å². The van der Waals surface area contributed by atoms with Gasteiger partial charge in [-0.1, -0.05) is 17.7 Å². The molecule has 0 fully saturated rings. The van der Waals surface area contributed by atoms with Gasteiger partial charge < -0.3 is 14.4 Å². The summed E-state index contributed by atoms with van der Waals surface area (Å²) in [7, 11) is 4.84. The molecule has 4 heteroatoms. The molecule has 0 heterocycles. The van der Waals surface area contributed by atoms with Crippen LogP contribution in [0, 0.1) is 6.92 Å². The molecule has 0 atom stereocenters. The third-order valence-electron chi connectivity index (χ3n) is 2.59. The summed E-state index contributed by atoms with van der Waals surface area (Å²) in [5.41, 5.74) is 1.81. The molecule has 94 valence electrons. The molecule has 0 unspecified atom stereocenters. The number of ether oxygens (including phenoxy) is 2. The number of hydrogen-bond acceptors (Lipinski definition) is 3. The summed E-state index contributed by atoms with van der Waals surface area (Å²) in [4.78, 5) is 13.6. The normalized spacial score (nSPS) is 10.6. The van der Waals surface area contributed by atoms with E-state index in [2.05, 4.69) is 0 Å². The van der Waals surface area contributed by atoms with Gasteiger partial charge in [-0.2, -0.15) is 0 Å². The average molecular weight is 237 g/mol. The lowest BCUT2D eigenvalue weighted by Gasteiger charge is -2.22. The van der Waals surface area contributed by atoms with Crippen LogP contribution in [0.4, 0.5) is 0 Å². The van der Waals surface area contributed by atoms with Crippen molar-refractivity contribution in [3.8, 4) is 0 Å². The van der Waals surface area contributed by atoms with Gasteiger partial charge in [0.05, 0.1) is 6.54 Å². The maximum atomic E-state index is 12.0. The summed E-state index contributed by atoms with van der Waals surface area (Å²) in [5, 5.41) is 0. The van der Waals surface area contributed by atoms with Crippen LogP contribution < -0.4 is 0 Å². The van der Waals surface area contributed by atoms with Gasteiger partial charge >= 0.3 is 0 Å². The van der Waals surface area contributed by atoms with E-state index in [-0.39, 0.29) is 5.91 Å². The molecule has 0 aliphatic rings. The predicted molar refractivity (Wildman–Crippen MR) is 65.9 cm³/mol. The van der Waals surface area contributed by atoms with Gasteiger partial charge in [0, 0.05) is 26.8 Å². The fourth-order valence-corrected chi connectivity index (χ4v) is 1.47. The van der Waals surface area contributed by atoms with Crippen molar-refractivity contribution < 1.29 is 14.3 Å². The Bertz CT molecular complexity index is 357. The minimum absolute atomic E-state index is 0.0379. The molecule has 0 spiro atoms. The minimum atomic E-state index is -0.394. The Balaban J connectivity index is 2.66. The molecule has 17 heavy (non-hydrogen) atoms. The zero-order chi connectivity index (χ0) is 12.8. The number of carbonyl (C=O) groups is 1. The van der Waals surface area contributed by atoms with Crippen molar-refractivity contribution in [3.05, 3.63) is 35.4 Å². The lowest BCUT2D eigenvalue weighted by atomic mass is 10.1. The van der Waals surface area contributed by atoms with Crippen molar-refractivity contribution in [1.29, 1.82) is 0 Å². The second-order valence-corrected chi connectivity index (χ2v) is 3.95. The van der Waals surface area contributed by atoms with Crippen molar-refractivity contribution in [2.75, 3.05) is 27.8 Å². The molecule has 0 aliphatic carbocycles. The van der Waals surface area contributed by atoms with Gasteiger partial charge in [-0.25, -0.2) is 0 Å². The fraction of sp³-hybridized carbons (Fsp3) is 0.462. The number of hydrogen-bond donors (Lipinski definition) is 0. The number of rotatable bonds is 5. The van der Waals surface area contributed by atoms with E-state index in [0.29, 0.717) is 12.1 Å². The van der Waals surface area contributed by atoms with E-state index < -0.39 is 6.29 Å². The van der Waals surface area contributed by atoms with Gasteiger partial charge in [-0.3, -0.25) is 4.79 Å². The van der Waals surface area contributed by atoms with Crippen LogP contribution in [0.25, 0.3) is 0 Å². The van der Waals surface area contributed by atoms with Crippen molar-refractivity contribution in [2.45, 2.75) is 13.2 Å². The van der Waals surface area contributed by atoms with Crippen LogP contribution in [-0.4, -0.2) is 44.9 Å². The summed E-state index contributed by atoms with van der Waals surface area (Å²) < 4.78 is 10.1. The number of benzene rings is 1. The highest BCUT2D eigenvalue weighted by atomic mass is 16.7. The van der Waals surface area contributed by atoms with Crippen LogP contribution in [0.3, 0.4) is 0 Å². The van der Waals surface area contributed by atoms with Crippen molar-refractivity contribution in [1.82, 2.24) is 4.90 Å². The van der Waals surface area contributed by atoms with Crippen LogP contribution in [0.15, 0.2) is 24.3 Å². The maximum absolute atomic E-state index is 12.0. The zero-order valence-corrected chi connectivity index (χ0v) is 10.8. The first kappa shape index (κ1) is 13.7. The van der Waals surface area contributed by atoms with Gasteiger partial charge in [0.2, 0.25) is 0 Å². The predicted octanol–water partition coefficient (Wildman–Crippen LogP) is 1.69. The van der Waals surface area contributed by atoms with Crippen LogP contribution in [0.2, 0.25) is 0 Å². The molecular weight excluding hydrogens is 218 g/mol. The highest BCUT2D eigenvalue weighted by Crippen LogP contribution is 2.07.